The SMILES string of the molecule is CCCc1nnc(SCC(=O)O)n1CC1(SC)CCC1. The van der Waals surface area contributed by atoms with Crippen LogP contribution in [0.15, 0.2) is 5.16 Å². The quantitative estimate of drug-likeness (QED) is 0.744. The molecule has 7 heteroatoms. The van der Waals surface area contributed by atoms with Crippen molar-refractivity contribution in [2.45, 2.75) is 55.5 Å². The number of aromatic nitrogens is 3. The molecule has 1 aromatic rings. The van der Waals surface area contributed by atoms with E-state index in [0.717, 1.165) is 30.4 Å². The molecule has 0 amide bonds. The Bertz CT molecular complexity index is 467. The number of rotatable bonds is 8. The molecule has 0 aliphatic heterocycles. The van der Waals surface area contributed by atoms with Crippen LogP contribution >= 0.6 is 23.5 Å². The Morgan fingerprint density at radius 1 is 1.45 bits per heavy atom. The summed E-state index contributed by atoms with van der Waals surface area (Å²) >= 11 is 3.18. The lowest BCUT2D eigenvalue weighted by atomic mass is 9.84. The van der Waals surface area contributed by atoms with Gasteiger partial charge in [0.25, 0.3) is 0 Å². The first-order valence-electron chi connectivity index (χ1n) is 6.92. The highest BCUT2D eigenvalue weighted by atomic mass is 32.2. The van der Waals surface area contributed by atoms with E-state index in [0.29, 0.717) is 4.75 Å². The van der Waals surface area contributed by atoms with Crippen molar-refractivity contribution in [2.75, 3.05) is 12.0 Å². The Morgan fingerprint density at radius 2 is 2.20 bits per heavy atom. The first kappa shape index (κ1) is 15.7. The fourth-order valence-corrected chi connectivity index (χ4v) is 4.04. The van der Waals surface area contributed by atoms with Crippen LogP contribution in [0.5, 0.6) is 0 Å². The number of carboxylic acids is 1. The predicted molar refractivity (Wildman–Crippen MR) is 82.5 cm³/mol. The van der Waals surface area contributed by atoms with E-state index in [9.17, 15) is 4.79 Å². The second-order valence-electron chi connectivity index (χ2n) is 5.16. The van der Waals surface area contributed by atoms with Crippen LogP contribution in [0.2, 0.25) is 0 Å². The van der Waals surface area contributed by atoms with Gasteiger partial charge in [0.2, 0.25) is 0 Å². The van der Waals surface area contributed by atoms with Crippen molar-refractivity contribution < 1.29 is 9.90 Å². The lowest BCUT2D eigenvalue weighted by Crippen LogP contribution is -2.38. The van der Waals surface area contributed by atoms with Crippen molar-refractivity contribution in [2.24, 2.45) is 0 Å². The van der Waals surface area contributed by atoms with E-state index < -0.39 is 5.97 Å². The normalized spacial score (nSPS) is 16.9. The van der Waals surface area contributed by atoms with Crippen molar-refractivity contribution in [3.8, 4) is 0 Å². The summed E-state index contributed by atoms with van der Waals surface area (Å²) in [4.78, 5) is 10.7. The van der Waals surface area contributed by atoms with Crippen LogP contribution in [0.3, 0.4) is 0 Å². The van der Waals surface area contributed by atoms with E-state index in [4.69, 9.17) is 5.11 Å². The molecule has 112 valence electrons. The molecule has 1 aromatic heterocycles. The molecule has 2 rings (SSSR count). The first-order chi connectivity index (χ1) is 9.60. The minimum absolute atomic E-state index is 0.0382. The third-order valence-electron chi connectivity index (χ3n) is 3.74. The van der Waals surface area contributed by atoms with E-state index in [1.165, 1.54) is 31.0 Å². The third-order valence-corrected chi connectivity index (χ3v) is 6.09. The maximum atomic E-state index is 10.7. The molecule has 0 unspecified atom stereocenters. The van der Waals surface area contributed by atoms with Gasteiger partial charge in [0.1, 0.15) is 5.82 Å². The molecule has 1 heterocycles. The predicted octanol–water partition coefficient (Wildman–Crippen LogP) is 2.69. The molecule has 0 aromatic carbocycles. The Kier molecular flexibility index (Phi) is 5.37. The van der Waals surface area contributed by atoms with E-state index in [1.807, 2.05) is 11.8 Å². The maximum Gasteiger partial charge on any atom is 0.313 e. The molecule has 0 atom stereocenters. The summed E-state index contributed by atoms with van der Waals surface area (Å²) in [5.41, 5.74) is 0. The number of aryl methyl sites for hydroxylation is 1. The zero-order valence-electron chi connectivity index (χ0n) is 12.0. The molecule has 20 heavy (non-hydrogen) atoms. The molecule has 0 saturated heterocycles. The Morgan fingerprint density at radius 3 is 2.70 bits per heavy atom. The summed E-state index contributed by atoms with van der Waals surface area (Å²) in [6.07, 6.45) is 7.80. The van der Waals surface area contributed by atoms with Crippen molar-refractivity contribution in [3.05, 3.63) is 5.82 Å². The lowest BCUT2D eigenvalue weighted by Gasteiger charge is -2.41. The van der Waals surface area contributed by atoms with E-state index in [-0.39, 0.29) is 5.75 Å². The van der Waals surface area contributed by atoms with Gasteiger partial charge in [-0.25, -0.2) is 0 Å². The number of carboxylic acid groups (broad SMARTS) is 1. The number of hydrogen-bond donors (Lipinski definition) is 1. The zero-order chi connectivity index (χ0) is 14.6. The summed E-state index contributed by atoms with van der Waals surface area (Å²) < 4.78 is 2.44. The average Bonchev–Trinajstić information content (AvgIpc) is 2.74. The molecule has 0 spiro atoms. The second-order valence-corrected chi connectivity index (χ2v) is 7.37. The lowest BCUT2D eigenvalue weighted by molar-refractivity contribution is -0.133. The van der Waals surface area contributed by atoms with Crippen LogP contribution in [0.4, 0.5) is 0 Å². The van der Waals surface area contributed by atoms with E-state index >= 15 is 0 Å². The first-order valence-corrected chi connectivity index (χ1v) is 9.13. The molecule has 0 radical (unpaired) electrons. The molecule has 1 fully saturated rings. The molecule has 1 aliphatic rings. The van der Waals surface area contributed by atoms with E-state index in [1.54, 1.807) is 0 Å². The fourth-order valence-electron chi connectivity index (χ4n) is 2.41. The van der Waals surface area contributed by atoms with Gasteiger partial charge in [-0.15, -0.1) is 10.2 Å². The molecule has 1 aliphatic carbocycles. The van der Waals surface area contributed by atoms with Crippen molar-refractivity contribution in [3.63, 3.8) is 0 Å². The number of aliphatic carboxylic acids is 1. The van der Waals surface area contributed by atoms with Crippen LogP contribution in [0.1, 0.15) is 38.4 Å². The summed E-state index contributed by atoms with van der Waals surface area (Å²) in [6, 6.07) is 0. The van der Waals surface area contributed by atoms with Crippen molar-refractivity contribution in [1.29, 1.82) is 0 Å². The topological polar surface area (TPSA) is 68.0 Å². The van der Waals surface area contributed by atoms with Gasteiger partial charge in [-0.2, -0.15) is 11.8 Å². The number of carbonyl (C=O) groups is 1. The number of thioether (sulfide) groups is 2. The minimum atomic E-state index is -0.815. The number of hydrogen-bond acceptors (Lipinski definition) is 5. The molecule has 5 nitrogen and oxygen atoms in total. The fraction of sp³-hybridized carbons (Fsp3) is 0.769. The van der Waals surface area contributed by atoms with Crippen molar-refractivity contribution in [1.82, 2.24) is 14.8 Å². The highest BCUT2D eigenvalue weighted by molar-refractivity contribution is 8.00. The van der Waals surface area contributed by atoms with Crippen LogP contribution in [-0.4, -0.2) is 42.6 Å². The van der Waals surface area contributed by atoms with Gasteiger partial charge >= 0.3 is 5.97 Å². The van der Waals surface area contributed by atoms with Gasteiger partial charge in [0.15, 0.2) is 5.16 Å². The highest BCUT2D eigenvalue weighted by Gasteiger charge is 2.37. The van der Waals surface area contributed by atoms with Gasteiger partial charge in [-0.05, 0) is 25.5 Å². The van der Waals surface area contributed by atoms with Crippen LogP contribution in [0.25, 0.3) is 0 Å². The van der Waals surface area contributed by atoms with Gasteiger partial charge in [-0.1, -0.05) is 25.1 Å². The molecular formula is C13H21N3O2S2. The van der Waals surface area contributed by atoms with Gasteiger partial charge < -0.3 is 9.67 Å². The zero-order valence-corrected chi connectivity index (χ0v) is 13.6. The Labute approximate surface area is 127 Å². The highest BCUT2D eigenvalue weighted by Crippen LogP contribution is 2.44. The smallest absolute Gasteiger partial charge is 0.313 e. The summed E-state index contributed by atoms with van der Waals surface area (Å²) in [5, 5.41) is 18.0. The van der Waals surface area contributed by atoms with Crippen LogP contribution in [-0.2, 0) is 17.8 Å². The van der Waals surface area contributed by atoms with Gasteiger partial charge in [0.05, 0.1) is 5.75 Å². The van der Waals surface area contributed by atoms with Gasteiger partial charge in [0, 0.05) is 17.7 Å². The second kappa shape index (κ2) is 6.85. The Hall–Kier alpha value is -0.690. The van der Waals surface area contributed by atoms with Crippen LogP contribution < -0.4 is 0 Å². The monoisotopic (exact) mass is 315 g/mol. The van der Waals surface area contributed by atoms with Gasteiger partial charge in [-0.3, -0.25) is 4.79 Å². The summed E-state index contributed by atoms with van der Waals surface area (Å²) in [6.45, 7) is 3.02. The molecular weight excluding hydrogens is 294 g/mol. The maximum absolute atomic E-state index is 10.7. The number of nitrogens with zero attached hydrogens (tertiary/aromatic N) is 3. The summed E-state index contributed by atoms with van der Waals surface area (Å²) in [7, 11) is 0. The standard InChI is InChI=1S/C13H21N3O2S2/c1-3-5-10-14-15-12(20-8-11(17)18)16(10)9-13(19-2)6-4-7-13/h3-9H2,1-2H3,(H,17,18). The van der Waals surface area contributed by atoms with Crippen LogP contribution in [0, 0.1) is 0 Å². The molecule has 1 N–H and O–H groups in total. The minimum Gasteiger partial charge on any atom is -0.481 e. The molecule has 1 saturated carbocycles. The molecule has 0 bridgehead atoms. The third kappa shape index (κ3) is 3.49. The largest absolute Gasteiger partial charge is 0.481 e. The Balaban J connectivity index is 2.17. The summed E-state index contributed by atoms with van der Waals surface area (Å²) in [5.74, 6) is 0.210. The average molecular weight is 315 g/mol. The van der Waals surface area contributed by atoms with E-state index in [2.05, 4.69) is 27.9 Å². The van der Waals surface area contributed by atoms with Crippen molar-refractivity contribution >= 4 is 29.5 Å².